The maximum absolute atomic E-state index is 13.2. The molecule has 2 bridgehead atoms. The molecule has 2 N–H and O–H groups in total. The summed E-state index contributed by atoms with van der Waals surface area (Å²) in [4.78, 5) is 27.7. The molecule has 7 heteroatoms. The van der Waals surface area contributed by atoms with Gasteiger partial charge in [-0.2, -0.15) is 0 Å². The van der Waals surface area contributed by atoms with E-state index in [-0.39, 0.29) is 54.4 Å². The molecule has 3 saturated heterocycles. The number of aryl methyl sites for hydroxylation is 1. The Hall–Kier alpha value is -1.37. The van der Waals surface area contributed by atoms with Crippen molar-refractivity contribution in [2.75, 3.05) is 19.7 Å². The number of halogens is 1. The van der Waals surface area contributed by atoms with Crippen molar-refractivity contribution in [1.29, 1.82) is 0 Å². The molecule has 1 aromatic rings. The van der Waals surface area contributed by atoms with E-state index in [9.17, 15) is 14.7 Å². The van der Waals surface area contributed by atoms with Gasteiger partial charge in [-0.15, -0.1) is 12.4 Å². The molecule has 3 aliphatic rings. The van der Waals surface area contributed by atoms with E-state index in [1.54, 1.807) is 0 Å². The van der Waals surface area contributed by atoms with E-state index in [1.165, 1.54) is 0 Å². The van der Waals surface area contributed by atoms with Gasteiger partial charge in [0, 0.05) is 31.2 Å². The summed E-state index contributed by atoms with van der Waals surface area (Å²) in [6.45, 7) is 3.84. The summed E-state index contributed by atoms with van der Waals surface area (Å²) in [5.41, 5.74) is 0.409. The first-order valence-electron chi connectivity index (χ1n) is 9.87. The van der Waals surface area contributed by atoms with Crippen molar-refractivity contribution in [3.8, 4) is 0 Å². The summed E-state index contributed by atoms with van der Waals surface area (Å²) in [6.07, 6.45) is 5.65. The molecule has 0 spiro atoms. The molecule has 27 heavy (non-hydrogen) atoms. The first-order valence-corrected chi connectivity index (χ1v) is 9.87. The van der Waals surface area contributed by atoms with E-state index in [4.69, 9.17) is 4.42 Å². The number of carbonyl (C=O) groups excluding carboxylic acids is 1. The minimum atomic E-state index is -0.501. The Morgan fingerprint density at radius 3 is 2.56 bits per heavy atom. The van der Waals surface area contributed by atoms with Crippen LogP contribution < -0.4 is 10.9 Å². The highest BCUT2D eigenvalue weighted by Gasteiger charge is 2.44. The van der Waals surface area contributed by atoms with Gasteiger partial charge in [-0.3, -0.25) is 4.79 Å². The molecular formula is C20H29ClN2O4. The van der Waals surface area contributed by atoms with Crippen molar-refractivity contribution in [1.82, 2.24) is 10.2 Å². The first-order chi connectivity index (χ1) is 12.6. The van der Waals surface area contributed by atoms with Gasteiger partial charge in [0.2, 0.25) is 0 Å². The minimum Gasteiger partial charge on any atom is -0.427 e. The molecule has 4 atom stereocenters. The Kier molecular flexibility index (Phi) is 6.28. The summed E-state index contributed by atoms with van der Waals surface area (Å²) in [7, 11) is 0. The molecule has 1 aromatic heterocycles. The van der Waals surface area contributed by atoms with Crippen LogP contribution in [0.2, 0.25) is 0 Å². The van der Waals surface area contributed by atoms with Gasteiger partial charge in [0.1, 0.15) is 11.3 Å². The largest absolute Gasteiger partial charge is 0.427 e. The number of piperidine rings is 2. The zero-order valence-electron chi connectivity index (χ0n) is 15.8. The highest BCUT2D eigenvalue weighted by Crippen LogP contribution is 2.39. The van der Waals surface area contributed by atoms with E-state index in [2.05, 4.69) is 5.32 Å². The topological polar surface area (TPSA) is 82.8 Å². The third-order valence-electron chi connectivity index (χ3n) is 6.40. The Bertz CT molecular complexity index is 730. The van der Waals surface area contributed by atoms with E-state index in [0.717, 1.165) is 57.2 Å². The average Bonchev–Trinajstić information content (AvgIpc) is 2.91. The molecule has 4 heterocycles. The number of carbonyl (C=O) groups is 1. The van der Waals surface area contributed by atoms with E-state index < -0.39 is 5.63 Å². The predicted molar refractivity (Wildman–Crippen MR) is 105 cm³/mol. The maximum atomic E-state index is 13.2. The molecule has 0 radical (unpaired) electrons. The Morgan fingerprint density at radius 2 is 2.00 bits per heavy atom. The van der Waals surface area contributed by atoms with Gasteiger partial charge in [0.25, 0.3) is 5.91 Å². The van der Waals surface area contributed by atoms with E-state index >= 15 is 0 Å². The first kappa shape index (κ1) is 20.4. The summed E-state index contributed by atoms with van der Waals surface area (Å²) >= 11 is 0. The lowest BCUT2D eigenvalue weighted by Crippen LogP contribution is -2.48. The molecule has 0 aliphatic carbocycles. The fraction of sp³-hybridized carbons (Fsp3) is 0.700. The van der Waals surface area contributed by atoms with Crippen LogP contribution in [0.4, 0.5) is 0 Å². The zero-order valence-corrected chi connectivity index (χ0v) is 16.6. The lowest BCUT2D eigenvalue weighted by Gasteiger charge is -2.38. The Morgan fingerprint density at radius 1 is 1.30 bits per heavy atom. The SMILES string of the molecule is Cc1cc(C2CCCNC2)oc(=O)c1C(=O)N1[C@@H]2CC[C@H]1CC(CO)C2.Cl. The number of aliphatic hydroxyl groups is 1. The lowest BCUT2D eigenvalue weighted by atomic mass is 9.90. The van der Waals surface area contributed by atoms with E-state index in [1.807, 2.05) is 17.9 Å². The smallest absolute Gasteiger partial charge is 0.349 e. The molecule has 2 unspecified atom stereocenters. The minimum absolute atomic E-state index is 0. The van der Waals surface area contributed by atoms with Crippen molar-refractivity contribution in [2.24, 2.45) is 5.92 Å². The average molecular weight is 397 g/mol. The van der Waals surface area contributed by atoms with Crippen LogP contribution in [0.15, 0.2) is 15.3 Å². The maximum Gasteiger partial charge on any atom is 0.349 e. The quantitative estimate of drug-likeness (QED) is 0.818. The fourth-order valence-corrected chi connectivity index (χ4v) is 5.09. The molecule has 3 aliphatic heterocycles. The molecule has 0 saturated carbocycles. The predicted octanol–water partition coefficient (Wildman–Crippen LogP) is 2.21. The zero-order chi connectivity index (χ0) is 18.3. The normalized spacial score (nSPS) is 30.1. The second-order valence-corrected chi connectivity index (χ2v) is 8.15. The van der Waals surface area contributed by atoms with Crippen LogP contribution in [-0.4, -0.2) is 47.7 Å². The fourth-order valence-electron chi connectivity index (χ4n) is 5.09. The van der Waals surface area contributed by atoms with Crippen molar-refractivity contribution >= 4 is 18.3 Å². The molecule has 4 rings (SSSR count). The standard InChI is InChI=1S/C20H28N2O4.ClH/c1-12-7-17(14-3-2-6-21-10-14)26-20(25)18(12)19(24)22-15-4-5-16(22)9-13(8-15)11-23;/h7,13-16,21,23H,2-6,8-11H2,1H3;1H/t13?,14?,15-,16+;. The third-order valence-corrected chi connectivity index (χ3v) is 6.40. The van der Waals surface area contributed by atoms with Gasteiger partial charge in [-0.25, -0.2) is 4.79 Å². The Balaban J connectivity index is 0.00000210. The second kappa shape index (κ2) is 8.33. The highest BCUT2D eigenvalue weighted by atomic mass is 35.5. The van der Waals surface area contributed by atoms with Gasteiger partial charge in [-0.1, -0.05) is 0 Å². The second-order valence-electron chi connectivity index (χ2n) is 8.15. The van der Waals surface area contributed by atoms with Gasteiger partial charge in [0.15, 0.2) is 0 Å². The van der Waals surface area contributed by atoms with Gasteiger partial charge in [0.05, 0.1) is 0 Å². The highest BCUT2D eigenvalue weighted by molar-refractivity contribution is 5.95. The summed E-state index contributed by atoms with van der Waals surface area (Å²) in [5, 5.41) is 12.8. The van der Waals surface area contributed by atoms with Crippen molar-refractivity contribution in [3.05, 3.63) is 33.4 Å². The van der Waals surface area contributed by atoms with Crippen LogP contribution in [0.5, 0.6) is 0 Å². The van der Waals surface area contributed by atoms with Crippen LogP contribution in [0.25, 0.3) is 0 Å². The number of amides is 1. The molecular weight excluding hydrogens is 368 g/mol. The van der Waals surface area contributed by atoms with E-state index in [0.29, 0.717) is 5.76 Å². The summed E-state index contributed by atoms with van der Waals surface area (Å²) in [5.74, 6) is 0.984. The summed E-state index contributed by atoms with van der Waals surface area (Å²) < 4.78 is 5.59. The van der Waals surface area contributed by atoms with Gasteiger partial charge in [-0.05, 0) is 69.5 Å². The monoisotopic (exact) mass is 396 g/mol. The number of hydrogen-bond acceptors (Lipinski definition) is 5. The Labute approximate surface area is 165 Å². The molecule has 150 valence electrons. The molecule has 3 fully saturated rings. The van der Waals surface area contributed by atoms with Crippen molar-refractivity contribution in [2.45, 2.75) is 63.5 Å². The van der Waals surface area contributed by atoms with Crippen molar-refractivity contribution < 1.29 is 14.3 Å². The number of hydrogen-bond donors (Lipinski definition) is 2. The molecule has 1 amide bonds. The number of rotatable bonds is 3. The van der Waals surface area contributed by atoms with Gasteiger partial charge < -0.3 is 19.7 Å². The number of nitrogens with one attached hydrogen (secondary N) is 1. The van der Waals surface area contributed by atoms with Gasteiger partial charge >= 0.3 is 5.63 Å². The molecule has 6 nitrogen and oxygen atoms in total. The van der Waals surface area contributed by atoms with Crippen LogP contribution in [0.3, 0.4) is 0 Å². The number of nitrogens with zero attached hydrogens (tertiary/aromatic N) is 1. The van der Waals surface area contributed by atoms with Crippen LogP contribution in [0.1, 0.15) is 66.1 Å². The van der Waals surface area contributed by atoms with Crippen LogP contribution in [-0.2, 0) is 0 Å². The lowest BCUT2D eigenvalue weighted by molar-refractivity contribution is 0.0448. The molecule has 0 aromatic carbocycles. The van der Waals surface area contributed by atoms with Crippen LogP contribution in [0, 0.1) is 12.8 Å². The van der Waals surface area contributed by atoms with Crippen molar-refractivity contribution in [3.63, 3.8) is 0 Å². The summed E-state index contributed by atoms with van der Waals surface area (Å²) in [6, 6.07) is 2.16. The number of aliphatic hydroxyl groups excluding tert-OH is 1. The number of fused-ring (bicyclic) bond motifs is 2. The third kappa shape index (κ3) is 3.80. The van der Waals surface area contributed by atoms with Crippen LogP contribution >= 0.6 is 12.4 Å².